The zero-order valence-electron chi connectivity index (χ0n) is 23.4. The standard InChI is InChI=1S/C32H30N2O7/c1-6-10-33-21-16-23(36)26(40-4)15-20(21)29-28(18-7-8-24(38-2)27(13-18)41-5)30-19-14-25(39-3)22(35)12-17(19)9-11-34(30)31(29)32(33)37/h7-9,11-16,35-36H,6,10H2,1-5H3. The molecule has 0 saturated carbocycles. The van der Waals surface area contributed by atoms with Crippen molar-refractivity contribution in [2.24, 2.45) is 0 Å². The predicted molar refractivity (Wildman–Crippen MR) is 159 cm³/mol. The first-order valence-corrected chi connectivity index (χ1v) is 13.2. The summed E-state index contributed by atoms with van der Waals surface area (Å²) in [6, 6.07) is 14.3. The highest BCUT2D eigenvalue weighted by Gasteiger charge is 2.25. The normalized spacial score (nSPS) is 11.5. The van der Waals surface area contributed by atoms with Gasteiger partial charge in [0.15, 0.2) is 34.5 Å². The van der Waals surface area contributed by atoms with Crippen LogP contribution < -0.4 is 24.5 Å². The third-order valence-electron chi connectivity index (χ3n) is 7.64. The molecule has 3 aromatic heterocycles. The van der Waals surface area contributed by atoms with Gasteiger partial charge in [-0.05, 0) is 53.8 Å². The Morgan fingerprint density at radius 2 is 1.39 bits per heavy atom. The Morgan fingerprint density at radius 3 is 2.05 bits per heavy atom. The van der Waals surface area contributed by atoms with E-state index in [1.54, 1.807) is 43.1 Å². The van der Waals surface area contributed by atoms with Gasteiger partial charge >= 0.3 is 0 Å². The minimum Gasteiger partial charge on any atom is -0.504 e. The van der Waals surface area contributed by atoms with Gasteiger partial charge < -0.3 is 38.1 Å². The summed E-state index contributed by atoms with van der Waals surface area (Å²) in [5.74, 6) is 1.68. The average Bonchev–Trinajstić information content (AvgIpc) is 3.34. The highest BCUT2D eigenvalue weighted by atomic mass is 16.5. The lowest BCUT2D eigenvalue weighted by atomic mass is 9.97. The van der Waals surface area contributed by atoms with Crippen LogP contribution in [-0.2, 0) is 6.54 Å². The molecule has 41 heavy (non-hydrogen) atoms. The topological polar surface area (TPSA) is 104 Å². The van der Waals surface area contributed by atoms with E-state index < -0.39 is 0 Å². The van der Waals surface area contributed by atoms with Crippen LogP contribution in [0, 0.1) is 0 Å². The molecule has 6 rings (SSSR count). The van der Waals surface area contributed by atoms with Crippen LogP contribution in [0.4, 0.5) is 0 Å². The predicted octanol–water partition coefficient (Wildman–Crippen LogP) is 6.08. The van der Waals surface area contributed by atoms with Crippen LogP contribution >= 0.6 is 0 Å². The summed E-state index contributed by atoms with van der Waals surface area (Å²) in [6.45, 7) is 2.47. The van der Waals surface area contributed by atoms with Gasteiger partial charge in [-0.25, -0.2) is 0 Å². The molecule has 3 heterocycles. The summed E-state index contributed by atoms with van der Waals surface area (Å²) < 4.78 is 25.7. The molecule has 6 aromatic rings. The van der Waals surface area contributed by atoms with Gasteiger partial charge in [-0.15, -0.1) is 0 Å². The van der Waals surface area contributed by atoms with Gasteiger partial charge in [0.2, 0.25) is 0 Å². The van der Waals surface area contributed by atoms with Crippen molar-refractivity contribution in [1.29, 1.82) is 0 Å². The van der Waals surface area contributed by atoms with Crippen molar-refractivity contribution in [3.8, 4) is 45.6 Å². The van der Waals surface area contributed by atoms with E-state index >= 15 is 0 Å². The van der Waals surface area contributed by atoms with Crippen molar-refractivity contribution in [2.75, 3.05) is 28.4 Å². The smallest absolute Gasteiger partial charge is 0.275 e. The number of nitrogens with zero attached hydrogens (tertiary/aromatic N) is 2. The lowest BCUT2D eigenvalue weighted by Gasteiger charge is -2.14. The molecule has 0 radical (unpaired) electrons. The first-order chi connectivity index (χ1) is 19.9. The molecule has 0 fully saturated rings. The number of aryl methyl sites for hydroxylation is 1. The Bertz CT molecular complexity index is 2060. The van der Waals surface area contributed by atoms with Crippen LogP contribution in [0.15, 0.2) is 59.5 Å². The lowest BCUT2D eigenvalue weighted by molar-refractivity contribution is 0.355. The number of methoxy groups -OCH3 is 4. The Balaban J connectivity index is 1.95. The zero-order valence-corrected chi connectivity index (χ0v) is 23.4. The highest BCUT2D eigenvalue weighted by Crippen LogP contribution is 2.46. The molecule has 0 bridgehead atoms. The minimum absolute atomic E-state index is 0.0177. The highest BCUT2D eigenvalue weighted by molar-refractivity contribution is 6.22. The number of fused-ring (bicyclic) bond motifs is 7. The quantitative estimate of drug-likeness (QED) is 0.246. The molecule has 0 aliphatic carbocycles. The fourth-order valence-electron chi connectivity index (χ4n) is 5.82. The van der Waals surface area contributed by atoms with E-state index in [1.165, 1.54) is 14.2 Å². The Kier molecular flexibility index (Phi) is 6.29. The second-order valence-electron chi connectivity index (χ2n) is 9.81. The van der Waals surface area contributed by atoms with Crippen LogP contribution in [0.5, 0.6) is 34.5 Å². The number of ether oxygens (including phenoxy) is 4. The summed E-state index contributed by atoms with van der Waals surface area (Å²) in [5.41, 5.74) is 3.20. The van der Waals surface area contributed by atoms with Gasteiger partial charge in [-0.1, -0.05) is 13.0 Å². The first-order valence-electron chi connectivity index (χ1n) is 13.2. The zero-order chi connectivity index (χ0) is 29.0. The van der Waals surface area contributed by atoms with E-state index in [0.717, 1.165) is 39.2 Å². The summed E-state index contributed by atoms with van der Waals surface area (Å²) in [5, 5.41) is 24.3. The maximum absolute atomic E-state index is 14.3. The fraction of sp³-hybridized carbons (Fsp3) is 0.219. The van der Waals surface area contributed by atoms with E-state index in [2.05, 4.69) is 0 Å². The third-order valence-corrected chi connectivity index (χ3v) is 7.64. The Hall–Kier alpha value is -5.05. The van der Waals surface area contributed by atoms with Crippen LogP contribution in [0.3, 0.4) is 0 Å². The number of phenols is 2. The van der Waals surface area contributed by atoms with Gasteiger partial charge in [0, 0.05) is 40.5 Å². The molecule has 3 aromatic carbocycles. The molecule has 210 valence electrons. The molecular formula is C32H30N2O7. The molecule has 9 heteroatoms. The van der Waals surface area contributed by atoms with Gasteiger partial charge in [0.25, 0.3) is 5.56 Å². The van der Waals surface area contributed by atoms with Crippen molar-refractivity contribution >= 4 is 38.1 Å². The second kappa shape index (κ2) is 9.85. The summed E-state index contributed by atoms with van der Waals surface area (Å²) in [6.07, 6.45) is 2.57. The van der Waals surface area contributed by atoms with Gasteiger partial charge in [0.1, 0.15) is 5.52 Å². The Labute approximate surface area is 235 Å². The number of hydrogen-bond donors (Lipinski definition) is 2. The van der Waals surface area contributed by atoms with E-state index in [4.69, 9.17) is 18.9 Å². The summed E-state index contributed by atoms with van der Waals surface area (Å²) in [4.78, 5) is 14.3. The SMILES string of the molecule is CCCn1c(=O)c2c(c(-c3ccc(OC)c(OC)c3)c3c4cc(OC)c(O)cc4ccn32)c2cc(OC)c(O)cc21. The van der Waals surface area contributed by atoms with Crippen LogP contribution in [0.2, 0.25) is 0 Å². The number of aromatic hydroxyl groups is 2. The fourth-order valence-corrected chi connectivity index (χ4v) is 5.82. The molecule has 0 aliphatic rings. The van der Waals surface area contributed by atoms with Gasteiger partial charge in [0.05, 0.1) is 39.5 Å². The molecule has 0 spiro atoms. The van der Waals surface area contributed by atoms with Crippen molar-refractivity contribution in [3.05, 3.63) is 65.1 Å². The largest absolute Gasteiger partial charge is 0.504 e. The van der Waals surface area contributed by atoms with Crippen molar-refractivity contribution in [2.45, 2.75) is 19.9 Å². The Morgan fingerprint density at radius 1 is 0.732 bits per heavy atom. The molecular weight excluding hydrogens is 524 g/mol. The van der Waals surface area contributed by atoms with Crippen LogP contribution in [0.1, 0.15) is 13.3 Å². The van der Waals surface area contributed by atoms with Gasteiger partial charge in [-0.3, -0.25) is 4.79 Å². The van der Waals surface area contributed by atoms with Crippen LogP contribution in [-0.4, -0.2) is 47.6 Å². The van der Waals surface area contributed by atoms with Crippen molar-refractivity contribution in [3.63, 3.8) is 0 Å². The second-order valence-corrected chi connectivity index (χ2v) is 9.81. The summed E-state index contributed by atoms with van der Waals surface area (Å²) in [7, 11) is 6.15. The molecule has 2 N–H and O–H groups in total. The van der Waals surface area contributed by atoms with Crippen molar-refractivity contribution in [1.82, 2.24) is 8.97 Å². The third kappa shape index (κ3) is 3.80. The molecule has 0 amide bonds. The number of aromatic nitrogens is 2. The number of benzene rings is 3. The molecule has 0 atom stereocenters. The average molecular weight is 555 g/mol. The van der Waals surface area contributed by atoms with E-state index in [-0.39, 0.29) is 17.1 Å². The van der Waals surface area contributed by atoms with E-state index in [1.807, 2.05) is 41.8 Å². The lowest BCUT2D eigenvalue weighted by Crippen LogP contribution is -2.21. The minimum atomic E-state index is -0.189. The number of rotatable bonds is 7. The molecule has 0 aliphatic heterocycles. The van der Waals surface area contributed by atoms with Gasteiger partial charge in [-0.2, -0.15) is 0 Å². The maximum atomic E-state index is 14.3. The van der Waals surface area contributed by atoms with E-state index in [0.29, 0.717) is 46.0 Å². The van der Waals surface area contributed by atoms with Crippen LogP contribution in [0.25, 0.3) is 49.2 Å². The number of hydrogen-bond acceptors (Lipinski definition) is 7. The maximum Gasteiger partial charge on any atom is 0.275 e. The number of pyridine rings is 2. The molecule has 0 saturated heterocycles. The monoisotopic (exact) mass is 554 g/mol. The molecule has 0 unspecified atom stereocenters. The molecule has 9 nitrogen and oxygen atoms in total. The summed E-state index contributed by atoms with van der Waals surface area (Å²) >= 11 is 0. The van der Waals surface area contributed by atoms with E-state index in [9.17, 15) is 15.0 Å². The number of phenolic OH excluding ortho intramolecular Hbond substituents is 2. The first kappa shape index (κ1) is 26.2. The van der Waals surface area contributed by atoms with Crippen molar-refractivity contribution < 1.29 is 29.2 Å².